The van der Waals surface area contributed by atoms with Crippen LogP contribution >= 0.6 is 0 Å². The van der Waals surface area contributed by atoms with Crippen LogP contribution in [0.3, 0.4) is 0 Å². The number of hydrogen-bond donors (Lipinski definition) is 3. The van der Waals surface area contributed by atoms with E-state index >= 15 is 0 Å². The summed E-state index contributed by atoms with van der Waals surface area (Å²) in [7, 11) is -3.23. The maximum absolute atomic E-state index is 11.2. The zero-order valence-electron chi connectivity index (χ0n) is 7.89. The molecule has 15 heavy (non-hydrogen) atoms. The number of nitrogens with zero attached hydrogens (tertiary/aromatic N) is 3. The minimum atomic E-state index is -3.23. The van der Waals surface area contributed by atoms with Crippen LogP contribution in [-0.4, -0.2) is 54.3 Å². The Morgan fingerprint density at radius 3 is 2.73 bits per heavy atom. The molecule has 0 saturated heterocycles. The molecule has 1 aromatic heterocycles. The molecule has 1 heterocycles. The van der Waals surface area contributed by atoms with Crippen LogP contribution in [0.1, 0.15) is 10.6 Å². The summed E-state index contributed by atoms with van der Waals surface area (Å²) >= 11 is 0. The predicted molar refractivity (Wildman–Crippen MR) is 49.4 cm³/mol. The predicted octanol–water partition coefficient (Wildman–Crippen LogP) is -2.52. The van der Waals surface area contributed by atoms with Gasteiger partial charge in [-0.25, -0.2) is 13.1 Å². The summed E-state index contributed by atoms with van der Waals surface area (Å²) in [4.78, 5) is 11.2. The zero-order chi connectivity index (χ0) is 11.3. The molecule has 10 heteroatoms. The van der Waals surface area contributed by atoms with Crippen molar-refractivity contribution in [2.45, 2.75) is 0 Å². The van der Waals surface area contributed by atoms with Crippen molar-refractivity contribution in [2.75, 3.05) is 19.3 Å². The molecule has 9 nitrogen and oxygen atoms in total. The number of amides is 1. The lowest BCUT2D eigenvalue weighted by atomic mass is 10.5. The summed E-state index contributed by atoms with van der Waals surface area (Å²) in [6, 6.07) is 0. The van der Waals surface area contributed by atoms with Crippen molar-refractivity contribution in [2.24, 2.45) is 0 Å². The molecule has 0 fully saturated rings. The molecule has 0 aliphatic carbocycles. The monoisotopic (exact) mass is 234 g/mol. The molecule has 1 aromatic rings. The Kier molecular flexibility index (Phi) is 3.68. The smallest absolute Gasteiger partial charge is 0.292 e. The van der Waals surface area contributed by atoms with Gasteiger partial charge < -0.3 is 5.32 Å². The van der Waals surface area contributed by atoms with E-state index in [1.54, 1.807) is 0 Å². The number of nitrogens with one attached hydrogen (secondary N) is 3. The number of sulfonamides is 1. The highest BCUT2D eigenvalue weighted by atomic mass is 32.2. The SMILES string of the molecule is CS(=O)(=O)NCCNC(=O)c1nn[nH]n1. The number of aromatic amines is 1. The van der Waals surface area contributed by atoms with Crippen molar-refractivity contribution in [3.05, 3.63) is 5.82 Å². The lowest BCUT2D eigenvalue weighted by Gasteiger charge is -2.02. The van der Waals surface area contributed by atoms with Gasteiger partial charge in [-0.15, -0.1) is 10.2 Å². The minimum absolute atomic E-state index is 0.0886. The van der Waals surface area contributed by atoms with Crippen molar-refractivity contribution in [3.63, 3.8) is 0 Å². The molecule has 0 aromatic carbocycles. The van der Waals surface area contributed by atoms with Crippen LogP contribution < -0.4 is 10.0 Å². The van der Waals surface area contributed by atoms with Crippen LogP contribution in [0.4, 0.5) is 0 Å². The summed E-state index contributed by atoms with van der Waals surface area (Å²) in [5.41, 5.74) is 0. The minimum Gasteiger partial charge on any atom is -0.348 e. The fourth-order valence-corrected chi connectivity index (χ4v) is 1.22. The van der Waals surface area contributed by atoms with Crippen LogP contribution in [0.15, 0.2) is 0 Å². The van der Waals surface area contributed by atoms with Crippen LogP contribution in [0.25, 0.3) is 0 Å². The molecule has 0 aliphatic heterocycles. The van der Waals surface area contributed by atoms with E-state index in [9.17, 15) is 13.2 Å². The van der Waals surface area contributed by atoms with Gasteiger partial charge in [-0.05, 0) is 5.21 Å². The van der Waals surface area contributed by atoms with E-state index in [2.05, 4.69) is 30.7 Å². The van der Waals surface area contributed by atoms with E-state index in [1.807, 2.05) is 0 Å². The first-order valence-electron chi connectivity index (χ1n) is 3.95. The number of aromatic nitrogens is 4. The third-order valence-electron chi connectivity index (χ3n) is 1.32. The van der Waals surface area contributed by atoms with Crippen LogP contribution in [0.2, 0.25) is 0 Å². The van der Waals surface area contributed by atoms with E-state index in [4.69, 9.17) is 0 Å². The first-order valence-corrected chi connectivity index (χ1v) is 5.84. The van der Waals surface area contributed by atoms with Crippen molar-refractivity contribution in [1.29, 1.82) is 0 Å². The molecule has 0 aliphatic rings. The van der Waals surface area contributed by atoms with E-state index in [0.717, 1.165) is 6.26 Å². The molecule has 0 unspecified atom stereocenters. The van der Waals surface area contributed by atoms with Gasteiger partial charge in [-0.2, -0.15) is 5.21 Å². The zero-order valence-corrected chi connectivity index (χ0v) is 8.71. The van der Waals surface area contributed by atoms with Gasteiger partial charge in [0.25, 0.3) is 11.7 Å². The van der Waals surface area contributed by atoms with Crippen molar-refractivity contribution < 1.29 is 13.2 Å². The fourth-order valence-electron chi connectivity index (χ4n) is 0.750. The number of H-pyrrole nitrogens is 1. The Bertz CT molecular complexity index is 412. The maximum atomic E-state index is 11.2. The Morgan fingerprint density at radius 2 is 2.20 bits per heavy atom. The Hall–Kier alpha value is -1.55. The van der Waals surface area contributed by atoms with Gasteiger partial charge >= 0.3 is 0 Å². The second-order valence-electron chi connectivity index (χ2n) is 2.66. The Labute approximate surface area is 85.7 Å². The third-order valence-corrected chi connectivity index (χ3v) is 2.05. The van der Waals surface area contributed by atoms with Gasteiger partial charge in [-0.1, -0.05) is 0 Å². The molecule has 0 bridgehead atoms. The van der Waals surface area contributed by atoms with Crippen LogP contribution in [-0.2, 0) is 10.0 Å². The van der Waals surface area contributed by atoms with Gasteiger partial charge in [0.15, 0.2) is 0 Å². The largest absolute Gasteiger partial charge is 0.348 e. The molecule has 0 saturated carbocycles. The highest BCUT2D eigenvalue weighted by Crippen LogP contribution is 1.81. The summed E-state index contributed by atoms with van der Waals surface area (Å²) in [6.45, 7) is 0.267. The van der Waals surface area contributed by atoms with E-state index in [-0.39, 0.29) is 18.9 Å². The number of tetrazole rings is 1. The van der Waals surface area contributed by atoms with E-state index in [0.29, 0.717) is 0 Å². The maximum Gasteiger partial charge on any atom is 0.292 e. The normalized spacial score (nSPS) is 11.3. The number of hydrogen-bond acceptors (Lipinski definition) is 6. The Balaban J connectivity index is 2.24. The topological polar surface area (TPSA) is 130 Å². The quantitative estimate of drug-likeness (QED) is 0.482. The summed E-state index contributed by atoms with van der Waals surface area (Å²) < 4.78 is 23.5. The summed E-state index contributed by atoms with van der Waals surface area (Å²) in [6.07, 6.45) is 1.04. The van der Waals surface area contributed by atoms with Crippen LogP contribution in [0, 0.1) is 0 Å². The van der Waals surface area contributed by atoms with Gasteiger partial charge in [0.1, 0.15) is 0 Å². The second kappa shape index (κ2) is 4.79. The lowest BCUT2D eigenvalue weighted by Crippen LogP contribution is -2.34. The van der Waals surface area contributed by atoms with Crippen molar-refractivity contribution in [1.82, 2.24) is 30.7 Å². The second-order valence-corrected chi connectivity index (χ2v) is 4.49. The molecular weight excluding hydrogens is 224 g/mol. The molecule has 0 spiro atoms. The Morgan fingerprint density at radius 1 is 1.47 bits per heavy atom. The number of carbonyl (C=O) groups is 1. The fraction of sp³-hybridized carbons (Fsp3) is 0.600. The molecule has 0 radical (unpaired) electrons. The highest BCUT2D eigenvalue weighted by molar-refractivity contribution is 7.88. The summed E-state index contributed by atoms with van der Waals surface area (Å²) in [5, 5.41) is 14.6. The average Bonchev–Trinajstić information content (AvgIpc) is 2.63. The van der Waals surface area contributed by atoms with Gasteiger partial charge in [-0.3, -0.25) is 4.79 Å². The first kappa shape index (κ1) is 11.5. The molecular formula is C5H10N6O3S. The molecule has 1 amide bonds. The van der Waals surface area contributed by atoms with Gasteiger partial charge in [0.05, 0.1) is 6.26 Å². The number of rotatable bonds is 5. The molecule has 84 valence electrons. The average molecular weight is 234 g/mol. The summed E-state index contributed by atoms with van der Waals surface area (Å²) in [5.74, 6) is -0.603. The van der Waals surface area contributed by atoms with Crippen molar-refractivity contribution in [3.8, 4) is 0 Å². The van der Waals surface area contributed by atoms with Gasteiger partial charge in [0.2, 0.25) is 10.0 Å². The highest BCUT2D eigenvalue weighted by Gasteiger charge is 2.09. The van der Waals surface area contributed by atoms with E-state index < -0.39 is 15.9 Å². The molecule has 1 rings (SSSR count). The lowest BCUT2D eigenvalue weighted by molar-refractivity contribution is 0.0944. The van der Waals surface area contributed by atoms with Gasteiger partial charge in [0, 0.05) is 13.1 Å². The first-order chi connectivity index (χ1) is 6.99. The standard InChI is InChI=1S/C5H10N6O3S/c1-15(13,14)7-3-2-6-5(12)4-8-10-11-9-4/h7H,2-3H2,1H3,(H,6,12)(H,8,9,10,11). The van der Waals surface area contributed by atoms with Crippen molar-refractivity contribution >= 4 is 15.9 Å². The third kappa shape index (κ3) is 4.46. The van der Waals surface area contributed by atoms with E-state index in [1.165, 1.54) is 0 Å². The van der Waals surface area contributed by atoms with Crippen LogP contribution in [0.5, 0.6) is 0 Å². The molecule has 0 atom stereocenters. The number of carbonyl (C=O) groups excluding carboxylic acids is 1. The molecule has 3 N–H and O–H groups in total.